The molecule has 0 amide bonds. The highest BCUT2D eigenvalue weighted by Crippen LogP contribution is 2.23. The van der Waals surface area contributed by atoms with Crippen molar-refractivity contribution in [2.24, 2.45) is 0 Å². The van der Waals surface area contributed by atoms with Gasteiger partial charge >= 0.3 is 0 Å². The first kappa shape index (κ1) is 14.0. The average Bonchev–Trinajstić information content (AvgIpc) is 2.68. The Balaban J connectivity index is 2.21. The SMILES string of the molecule is CCNc1cc(N(C)C2CCS(=O)(=O)C2)nc(C)n1. The van der Waals surface area contributed by atoms with Crippen LogP contribution in [0.2, 0.25) is 0 Å². The van der Waals surface area contributed by atoms with Gasteiger partial charge in [-0.2, -0.15) is 0 Å². The minimum Gasteiger partial charge on any atom is -0.370 e. The minimum atomic E-state index is -2.88. The van der Waals surface area contributed by atoms with Crippen LogP contribution in [0, 0.1) is 6.92 Å². The van der Waals surface area contributed by atoms with E-state index < -0.39 is 9.84 Å². The van der Waals surface area contributed by atoms with Gasteiger partial charge in [-0.05, 0) is 20.3 Å². The fourth-order valence-electron chi connectivity index (χ4n) is 2.27. The quantitative estimate of drug-likeness (QED) is 0.883. The molecular weight excluding hydrogens is 264 g/mol. The Morgan fingerprint density at radius 2 is 2.21 bits per heavy atom. The van der Waals surface area contributed by atoms with E-state index in [0.29, 0.717) is 12.2 Å². The first-order valence-electron chi connectivity index (χ1n) is 6.44. The maximum absolute atomic E-state index is 11.5. The molecule has 0 aromatic carbocycles. The van der Waals surface area contributed by atoms with Gasteiger partial charge in [0.25, 0.3) is 0 Å². The molecule has 1 aromatic rings. The normalized spacial score (nSPS) is 21.3. The van der Waals surface area contributed by atoms with E-state index in [2.05, 4.69) is 15.3 Å². The molecule has 0 saturated carbocycles. The van der Waals surface area contributed by atoms with E-state index >= 15 is 0 Å². The highest BCUT2D eigenvalue weighted by atomic mass is 32.2. The minimum absolute atomic E-state index is 0.00813. The molecule has 6 nitrogen and oxygen atoms in total. The van der Waals surface area contributed by atoms with E-state index in [-0.39, 0.29) is 17.5 Å². The fraction of sp³-hybridized carbons (Fsp3) is 0.667. The Morgan fingerprint density at radius 3 is 2.79 bits per heavy atom. The van der Waals surface area contributed by atoms with E-state index in [0.717, 1.165) is 18.2 Å². The molecule has 0 bridgehead atoms. The summed E-state index contributed by atoms with van der Waals surface area (Å²) in [6.07, 6.45) is 0.665. The molecule has 1 saturated heterocycles. The number of rotatable bonds is 4. The summed E-state index contributed by atoms with van der Waals surface area (Å²) in [6.45, 7) is 4.63. The van der Waals surface area contributed by atoms with Gasteiger partial charge in [-0.3, -0.25) is 0 Å². The van der Waals surface area contributed by atoms with Crippen LogP contribution in [-0.2, 0) is 9.84 Å². The van der Waals surface area contributed by atoms with Crippen LogP contribution in [0.1, 0.15) is 19.2 Å². The highest BCUT2D eigenvalue weighted by molar-refractivity contribution is 7.91. The molecular formula is C12H20N4O2S. The third-order valence-electron chi connectivity index (χ3n) is 3.30. The summed E-state index contributed by atoms with van der Waals surface area (Å²) in [6, 6.07) is 1.87. The van der Waals surface area contributed by atoms with Gasteiger partial charge in [0.15, 0.2) is 9.84 Å². The zero-order valence-corrected chi connectivity index (χ0v) is 12.4. The predicted molar refractivity (Wildman–Crippen MR) is 76.4 cm³/mol. The van der Waals surface area contributed by atoms with Crippen LogP contribution in [0.15, 0.2) is 6.07 Å². The number of nitrogens with zero attached hydrogens (tertiary/aromatic N) is 3. The Labute approximate surface area is 114 Å². The summed E-state index contributed by atoms with van der Waals surface area (Å²) < 4.78 is 23.1. The summed E-state index contributed by atoms with van der Waals surface area (Å²) in [5.41, 5.74) is 0. The van der Waals surface area contributed by atoms with Crippen molar-refractivity contribution >= 4 is 21.5 Å². The summed E-state index contributed by atoms with van der Waals surface area (Å²) in [7, 11) is -0.988. The number of sulfone groups is 1. The molecule has 19 heavy (non-hydrogen) atoms. The smallest absolute Gasteiger partial charge is 0.152 e. The molecule has 1 aromatic heterocycles. The van der Waals surface area contributed by atoms with E-state index in [9.17, 15) is 8.42 Å². The van der Waals surface area contributed by atoms with Crippen molar-refractivity contribution in [3.63, 3.8) is 0 Å². The summed E-state index contributed by atoms with van der Waals surface area (Å²) in [4.78, 5) is 10.6. The van der Waals surface area contributed by atoms with Crippen molar-refractivity contribution in [3.8, 4) is 0 Å². The first-order valence-corrected chi connectivity index (χ1v) is 8.26. The zero-order valence-electron chi connectivity index (χ0n) is 11.5. The van der Waals surface area contributed by atoms with Crippen LogP contribution in [0.4, 0.5) is 11.6 Å². The molecule has 7 heteroatoms. The molecule has 1 aliphatic heterocycles. The second kappa shape index (κ2) is 5.32. The molecule has 0 radical (unpaired) electrons. The standard InChI is InChI=1S/C12H20N4O2S/c1-4-13-11-7-12(15-9(2)14-11)16(3)10-5-6-19(17,18)8-10/h7,10H,4-6,8H2,1-3H3,(H,13,14,15). The first-order chi connectivity index (χ1) is 8.91. The van der Waals surface area contributed by atoms with E-state index in [1.54, 1.807) is 0 Å². The number of hydrogen-bond acceptors (Lipinski definition) is 6. The molecule has 106 valence electrons. The average molecular weight is 284 g/mol. The lowest BCUT2D eigenvalue weighted by atomic mass is 10.2. The third kappa shape index (κ3) is 3.34. The van der Waals surface area contributed by atoms with Crippen molar-refractivity contribution in [1.29, 1.82) is 0 Å². The van der Waals surface area contributed by atoms with Crippen molar-refractivity contribution in [3.05, 3.63) is 11.9 Å². The highest BCUT2D eigenvalue weighted by Gasteiger charge is 2.31. The Kier molecular flexibility index (Phi) is 3.93. The van der Waals surface area contributed by atoms with Crippen LogP contribution < -0.4 is 10.2 Å². The molecule has 1 unspecified atom stereocenters. The molecule has 1 N–H and O–H groups in total. The number of anilines is 2. The van der Waals surface area contributed by atoms with Crippen molar-refractivity contribution in [2.45, 2.75) is 26.3 Å². The third-order valence-corrected chi connectivity index (χ3v) is 5.05. The largest absolute Gasteiger partial charge is 0.370 e. The van der Waals surface area contributed by atoms with Crippen LogP contribution in [-0.4, -0.2) is 49.5 Å². The number of nitrogens with one attached hydrogen (secondary N) is 1. The van der Waals surface area contributed by atoms with Crippen molar-refractivity contribution in [1.82, 2.24) is 9.97 Å². The maximum Gasteiger partial charge on any atom is 0.152 e. The number of aromatic nitrogens is 2. The lowest BCUT2D eigenvalue weighted by Gasteiger charge is -2.25. The molecule has 1 atom stereocenters. The van der Waals surface area contributed by atoms with Crippen LogP contribution >= 0.6 is 0 Å². The molecule has 2 heterocycles. The lowest BCUT2D eigenvalue weighted by molar-refractivity contribution is 0.600. The maximum atomic E-state index is 11.5. The molecule has 1 aliphatic rings. The molecule has 0 aliphatic carbocycles. The summed E-state index contributed by atoms with van der Waals surface area (Å²) in [5, 5.41) is 3.15. The van der Waals surface area contributed by atoms with Gasteiger partial charge in [0.05, 0.1) is 11.5 Å². The van der Waals surface area contributed by atoms with Crippen molar-refractivity contribution in [2.75, 3.05) is 35.3 Å². The second-order valence-electron chi connectivity index (χ2n) is 4.86. The van der Waals surface area contributed by atoms with E-state index in [1.807, 2.05) is 31.9 Å². The monoisotopic (exact) mass is 284 g/mol. The summed E-state index contributed by atoms with van der Waals surface area (Å²) >= 11 is 0. The van der Waals surface area contributed by atoms with Gasteiger partial charge < -0.3 is 10.2 Å². The number of aryl methyl sites for hydroxylation is 1. The van der Waals surface area contributed by atoms with E-state index in [4.69, 9.17) is 0 Å². The Bertz CT molecular complexity index is 559. The zero-order chi connectivity index (χ0) is 14.0. The summed E-state index contributed by atoms with van der Waals surface area (Å²) in [5.74, 6) is 2.71. The van der Waals surface area contributed by atoms with Crippen molar-refractivity contribution < 1.29 is 8.42 Å². The Hall–Kier alpha value is -1.37. The topological polar surface area (TPSA) is 75.2 Å². The van der Waals surface area contributed by atoms with Gasteiger partial charge in [0.2, 0.25) is 0 Å². The lowest BCUT2D eigenvalue weighted by Crippen LogP contribution is -2.33. The molecule has 0 spiro atoms. The predicted octanol–water partition coefficient (Wildman–Crippen LogP) is 0.840. The second-order valence-corrected chi connectivity index (χ2v) is 7.09. The molecule has 1 fully saturated rings. The Morgan fingerprint density at radius 1 is 1.47 bits per heavy atom. The van der Waals surface area contributed by atoms with Gasteiger partial charge in [-0.1, -0.05) is 0 Å². The number of hydrogen-bond donors (Lipinski definition) is 1. The van der Waals surface area contributed by atoms with Gasteiger partial charge in [-0.25, -0.2) is 18.4 Å². The van der Waals surface area contributed by atoms with E-state index in [1.165, 1.54) is 0 Å². The fourth-order valence-corrected chi connectivity index (χ4v) is 4.05. The van der Waals surface area contributed by atoms with Crippen LogP contribution in [0.5, 0.6) is 0 Å². The van der Waals surface area contributed by atoms with Crippen LogP contribution in [0.25, 0.3) is 0 Å². The molecule has 2 rings (SSSR count). The van der Waals surface area contributed by atoms with Crippen LogP contribution in [0.3, 0.4) is 0 Å². The van der Waals surface area contributed by atoms with Gasteiger partial charge in [0.1, 0.15) is 17.5 Å². The van der Waals surface area contributed by atoms with Gasteiger partial charge in [0, 0.05) is 25.7 Å². The van der Waals surface area contributed by atoms with Gasteiger partial charge in [-0.15, -0.1) is 0 Å².